The van der Waals surface area contributed by atoms with Gasteiger partial charge in [0.25, 0.3) is 11.8 Å². The lowest BCUT2D eigenvalue weighted by Gasteiger charge is -2.32. The molecule has 29 heavy (non-hydrogen) atoms. The molecule has 1 saturated carbocycles. The van der Waals surface area contributed by atoms with Crippen molar-refractivity contribution < 1.29 is 14.5 Å². The van der Waals surface area contributed by atoms with Gasteiger partial charge >= 0.3 is 0 Å². The zero-order chi connectivity index (χ0) is 20.4. The standard InChI is InChI=1S/C23H29N3O2S/c1-3-25(4-2)23(28)17-6-5-7-18(14-17)24-21(27)15-26-12-10-20-19(11-13-29-20)22(26)16-8-9-16/h5-7,11,13-14,16,22H,3-4,8-10,12,15H2,1-2H3,(H,24,27)/p+1/t22-/m1/s1. The molecule has 1 aliphatic heterocycles. The zero-order valence-electron chi connectivity index (χ0n) is 17.2. The van der Waals surface area contributed by atoms with E-state index in [-0.39, 0.29) is 11.8 Å². The minimum Gasteiger partial charge on any atom is -0.339 e. The summed E-state index contributed by atoms with van der Waals surface area (Å²) >= 11 is 1.86. The molecule has 154 valence electrons. The van der Waals surface area contributed by atoms with Crippen molar-refractivity contribution >= 4 is 28.8 Å². The van der Waals surface area contributed by atoms with Gasteiger partial charge in [-0.2, -0.15) is 0 Å². The second-order valence-electron chi connectivity index (χ2n) is 8.06. The predicted octanol–water partition coefficient (Wildman–Crippen LogP) is 2.76. The number of anilines is 1. The van der Waals surface area contributed by atoms with Gasteiger partial charge in [-0.05, 0) is 56.3 Å². The first-order chi connectivity index (χ1) is 14.1. The van der Waals surface area contributed by atoms with Crippen LogP contribution in [0.5, 0.6) is 0 Å². The Hall–Kier alpha value is -2.18. The highest BCUT2D eigenvalue weighted by atomic mass is 32.1. The number of rotatable bonds is 7. The van der Waals surface area contributed by atoms with Crippen molar-refractivity contribution in [2.75, 3.05) is 31.5 Å². The predicted molar refractivity (Wildman–Crippen MR) is 117 cm³/mol. The molecule has 1 fully saturated rings. The molecule has 2 heterocycles. The summed E-state index contributed by atoms with van der Waals surface area (Å²) in [6, 6.07) is 10.0. The van der Waals surface area contributed by atoms with E-state index >= 15 is 0 Å². The van der Waals surface area contributed by atoms with Crippen LogP contribution >= 0.6 is 11.3 Å². The second-order valence-corrected chi connectivity index (χ2v) is 9.06. The fourth-order valence-corrected chi connectivity index (χ4v) is 5.46. The Morgan fingerprint density at radius 3 is 2.72 bits per heavy atom. The van der Waals surface area contributed by atoms with Crippen LogP contribution in [0.4, 0.5) is 5.69 Å². The van der Waals surface area contributed by atoms with E-state index in [2.05, 4.69) is 16.8 Å². The molecule has 4 rings (SSSR count). The van der Waals surface area contributed by atoms with Crippen LogP contribution in [0.25, 0.3) is 0 Å². The fraction of sp³-hybridized carbons (Fsp3) is 0.478. The van der Waals surface area contributed by atoms with E-state index < -0.39 is 0 Å². The summed E-state index contributed by atoms with van der Waals surface area (Å²) in [7, 11) is 0. The molecule has 0 spiro atoms. The number of benzene rings is 1. The Balaban J connectivity index is 1.42. The molecule has 1 aromatic heterocycles. The smallest absolute Gasteiger partial charge is 0.279 e. The SMILES string of the molecule is CCN(CC)C(=O)c1cccc(NC(=O)C[NH+]2CCc3sccc3[C@H]2C2CC2)c1. The van der Waals surface area contributed by atoms with Crippen LogP contribution in [0.3, 0.4) is 0 Å². The molecule has 2 N–H and O–H groups in total. The van der Waals surface area contributed by atoms with Crippen LogP contribution in [-0.4, -0.2) is 42.9 Å². The highest BCUT2D eigenvalue weighted by molar-refractivity contribution is 7.10. The van der Waals surface area contributed by atoms with E-state index in [0.717, 1.165) is 18.9 Å². The molecule has 6 heteroatoms. The van der Waals surface area contributed by atoms with Crippen molar-refractivity contribution in [1.29, 1.82) is 0 Å². The lowest BCUT2D eigenvalue weighted by molar-refractivity contribution is -0.928. The Labute approximate surface area is 176 Å². The van der Waals surface area contributed by atoms with E-state index in [1.165, 1.54) is 28.2 Å². The maximum atomic E-state index is 12.8. The summed E-state index contributed by atoms with van der Waals surface area (Å²) in [6.45, 7) is 6.80. The summed E-state index contributed by atoms with van der Waals surface area (Å²) in [6.07, 6.45) is 3.62. The Bertz CT molecular complexity index is 886. The molecule has 2 atom stereocenters. The van der Waals surface area contributed by atoms with Crippen molar-refractivity contribution in [3.63, 3.8) is 0 Å². The summed E-state index contributed by atoms with van der Waals surface area (Å²) in [5.74, 6) is 0.754. The maximum absolute atomic E-state index is 12.8. The first-order valence-corrected chi connectivity index (χ1v) is 11.6. The molecular formula is C23H30N3O2S+. The third kappa shape index (κ3) is 4.38. The summed E-state index contributed by atoms with van der Waals surface area (Å²) in [5.41, 5.74) is 2.79. The van der Waals surface area contributed by atoms with Gasteiger partial charge in [0.15, 0.2) is 6.54 Å². The number of nitrogens with zero attached hydrogens (tertiary/aromatic N) is 1. The van der Waals surface area contributed by atoms with Crippen LogP contribution < -0.4 is 10.2 Å². The average Bonchev–Trinajstić information content (AvgIpc) is 3.44. The van der Waals surface area contributed by atoms with Gasteiger partial charge in [-0.15, -0.1) is 11.3 Å². The third-order valence-corrected chi connectivity index (χ3v) is 7.15. The van der Waals surface area contributed by atoms with E-state index in [0.29, 0.717) is 36.9 Å². The number of carbonyl (C=O) groups is 2. The molecule has 2 aromatic rings. The van der Waals surface area contributed by atoms with E-state index in [1.54, 1.807) is 11.0 Å². The zero-order valence-corrected chi connectivity index (χ0v) is 18.1. The van der Waals surface area contributed by atoms with Gasteiger partial charge in [0.05, 0.1) is 6.54 Å². The van der Waals surface area contributed by atoms with Gasteiger partial charge in [-0.3, -0.25) is 9.59 Å². The largest absolute Gasteiger partial charge is 0.339 e. The Kier molecular flexibility index (Phi) is 6.01. The lowest BCUT2D eigenvalue weighted by atomic mass is 9.96. The van der Waals surface area contributed by atoms with Gasteiger partial charge in [-0.1, -0.05) is 6.07 Å². The first kappa shape index (κ1) is 20.1. The third-order valence-electron chi connectivity index (χ3n) is 6.15. The second kappa shape index (κ2) is 8.67. The number of thiophene rings is 1. The monoisotopic (exact) mass is 412 g/mol. The normalized spacial score (nSPS) is 20.8. The van der Waals surface area contributed by atoms with Crippen LogP contribution in [0.1, 0.15) is 53.5 Å². The van der Waals surface area contributed by atoms with Crippen LogP contribution in [-0.2, 0) is 11.2 Å². The summed E-state index contributed by atoms with van der Waals surface area (Å²) in [4.78, 5) is 30.1. The quantitative estimate of drug-likeness (QED) is 0.735. The molecule has 1 aliphatic carbocycles. The van der Waals surface area contributed by atoms with Crippen LogP contribution in [0.2, 0.25) is 0 Å². The molecule has 1 unspecified atom stereocenters. The van der Waals surface area contributed by atoms with E-state index in [9.17, 15) is 9.59 Å². The Morgan fingerprint density at radius 2 is 2.00 bits per heavy atom. The highest BCUT2D eigenvalue weighted by Gasteiger charge is 2.43. The maximum Gasteiger partial charge on any atom is 0.279 e. The summed E-state index contributed by atoms with van der Waals surface area (Å²) in [5, 5.41) is 5.23. The molecule has 0 radical (unpaired) electrons. The van der Waals surface area contributed by atoms with Crippen molar-refractivity contribution in [2.45, 2.75) is 39.2 Å². The van der Waals surface area contributed by atoms with Gasteiger partial charge in [0.1, 0.15) is 6.04 Å². The number of quaternary nitrogens is 1. The van der Waals surface area contributed by atoms with Crippen molar-refractivity contribution in [3.05, 3.63) is 51.7 Å². The molecule has 0 saturated heterocycles. The van der Waals surface area contributed by atoms with Gasteiger partial charge in [0, 0.05) is 47.1 Å². The van der Waals surface area contributed by atoms with Gasteiger partial charge in [-0.25, -0.2) is 0 Å². The first-order valence-electron chi connectivity index (χ1n) is 10.7. The molecule has 0 bridgehead atoms. The van der Waals surface area contributed by atoms with Crippen molar-refractivity contribution in [3.8, 4) is 0 Å². The Morgan fingerprint density at radius 1 is 1.21 bits per heavy atom. The topological polar surface area (TPSA) is 53.9 Å². The van der Waals surface area contributed by atoms with Gasteiger partial charge < -0.3 is 15.1 Å². The fourth-order valence-electron chi connectivity index (χ4n) is 4.53. The van der Waals surface area contributed by atoms with Crippen molar-refractivity contribution in [2.24, 2.45) is 5.92 Å². The molecule has 5 nitrogen and oxygen atoms in total. The molecule has 2 amide bonds. The highest BCUT2D eigenvalue weighted by Crippen LogP contribution is 2.42. The minimum atomic E-state index is 0.00605. The van der Waals surface area contributed by atoms with E-state index in [4.69, 9.17) is 0 Å². The number of nitrogens with one attached hydrogen (secondary N) is 2. The van der Waals surface area contributed by atoms with Crippen molar-refractivity contribution in [1.82, 2.24) is 4.90 Å². The summed E-state index contributed by atoms with van der Waals surface area (Å²) < 4.78 is 0. The van der Waals surface area contributed by atoms with Gasteiger partial charge in [0.2, 0.25) is 0 Å². The molecule has 2 aliphatic rings. The number of hydrogen-bond donors (Lipinski definition) is 2. The number of fused-ring (bicyclic) bond motifs is 1. The van der Waals surface area contributed by atoms with E-state index in [1.807, 2.05) is 43.4 Å². The lowest BCUT2D eigenvalue weighted by Crippen LogP contribution is -3.14. The number of hydrogen-bond acceptors (Lipinski definition) is 3. The van der Waals surface area contributed by atoms with Crippen LogP contribution in [0.15, 0.2) is 35.7 Å². The number of carbonyl (C=O) groups excluding carboxylic acids is 2. The molecule has 1 aromatic carbocycles. The molecular weight excluding hydrogens is 382 g/mol. The minimum absolute atomic E-state index is 0.00605. The number of amides is 2. The van der Waals surface area contributed by atoms with Crippen LogP contribution in [0, 0.1) is 5.92 Å². The average molecular weight is 413 g/mol.